The molecule has 82 valence electrons. The smallest absolute Gasteiger partial charge is 0.183 e. The van der Waals surface area contributed by atoms with E-state index in [0.717, 1.165) is 16.7 Å². The predicted octanol–water partition coefficient (Wildman–Crippen LogP) is 1.48. The van der Waals surface area contributed by atoms with Gasteiger partial charge in [0.05, 0.1) is 10.1 Å². The summed E-state index contributed by atoms with van der Waals surface area (Å²) in [6.45, 7) is 5.41. The van der Waals surface area contributed by atoms with E-state index >= 15 is 0 Å². The third kappa shape index (κ3) is 1.25. The summed E-state index contributed by atoms with van der Waals surface area (Å²) in [4.78, 5) is 0.461. The Kier molecular flexibility index (Phi) is 2.17. The van der Waals surface area contributed by atoms with Crippen molar-refractivity contribution in [2.24, 2.45) is 5.73 Å². The van der Waals surface area contributed by atoms with E-state index in [2.05, 4.69) is 0 Å². The van der Waals surface area contributed by atoms with E-state index in [0.29, 0.717) is 4.90 Å². The van der Waals surface area contributed by atoms with Crippen LogP contribution in [0.3, 0.4) is 0 Å². The average molecular weight is 225 g/mol. The Balaban J connectivity index is 2.89. The van der Waals surface area contributed by atoms with Gasteiger partial charge in [-0.05, 0) is 37.5 Å². The van der Waals surface area contributed by atoms with Gasteiger partial charge < -0.3 is 5.73 Å². The molecule has 2 atom stereocenters. The van der Waals surface area contributed by atoms with Crippen LogP contribution in [0, 0.1) is 13.8 Å². The highest BCUT2D eigenvalue weighted by atomic mass is 32.2. The van der Waals surface area contributed by atoms with Crippen molar-refractivity contribution in [3.8, 4) is 0 Å². The number of hydrogen-bond acceptors (Lipinski definition) is 3. The Morgan fingerprint density at radius 2 is 1.73 bits per heavy atom. The van der Waals surface area contributed by atoms with E-state index in [1.54, 1.807) is 6.92 Å². The van der Waals surface area contributed by atoms with Crippen LogP contribution < -0.4 is 5.73 Å². The second-order valence-corrected chi connectivity index (χ2v) is 6.46. The lowest BCUT2D eigenvalue weighted by molar-refractivity contribution is 0.581. The van der Waals surface area contributed by atoms with Gasteiger partial charge >= 0.3 is 0 Å². The molecule has 15 heavy (non-hydrogen) atoms. The molecule has 0 saturated heterocycles. The van der Waals surface area contributed by atoms with Crippen LogP contribution in [-0.4, -0.2) is 13.7 Å². The zero-order chi connectivity index (χ0) is 11.4. The van der Waals surface area contributed by atoms with Crippen molar-refractivity contribution < 1.29 is 8.42 Å². The Morgan fingerprint density at radius 3 is 2.27 bits per heavy atom. The molecule has 0 aromatic heterocycles. The number of sulfone groups is 1. The van der Waals surface area contributed by atoms with E-state index < -0.39 is 15.1 Å². The molecule has 0 spiro atoms. The Bertz CT molecular complexity index is 520. The molecule has 0 aliphatic carbocycles. The number of benzene rings is 1. The largest absolute Gasteiger partial charge is 0.323 e. The van der Waals surface area contributed by atoms with Crippen LogP contribution in [0.4, 0.5) is 0 Å². The second kappa shape index (κ2) is 3.06. The van der Waals surface area contributed by atoms with E-state index in [9.17, 15) is 8.42 Å². The van der Waals surface area contributed by atoms with Gasteiger partial charge in [0, 0.05) is 6.04 Å². The first kappa shape index (κ1) is 10.6. The van der Waals surface area contributed by atoms with Gasteiger partial charge in [-0.15, -0.1) is 0 Å². The van der Waals surface area contributed by atoms with Crippen molar-refractivity contribution in [3.63, 3.8) is 0 Å². The molecular weight excluding hydrogens is 210 g/mol. The van der Waals surface area contributed by atoms with Gasteiger partial charge in [-0.25, -0.2) is 8.42 Å². The third-order valence-electron chi connectivity index (χ3n) is 3.22. The van der Waals surface area contributed by atoms with Crippen LogP contribution in [-0.2, 0) is 9.84 Å². The third-order valence-corrected chi connectivity index (χ3v) is 5.61. The Morgan fingerprint density at radius 1 is 1.20 bits per heavy atom. The summed E-state index contributed by atoms with van der Waals surface area (Å²) in [7, 11) is -3.21. The topological polar surface area (TPSA) is 60.2 Å². The molecular formula is C11H15NO2S. The first-order valence-corrected chi connectivity index (χ1v) is 6.51. The van der Waals surface area contributed by atoms with Crippen molar-refractivity contribution in [2.75, 3.05) is 0 Å². The van der Waals surface area contributed by atoms with E-state index in [1.165, 1.54) is 0 Å². The molecule has 0 saturated carbocycles. The first-order chi connectivity index (χ1) is 6.87. The van der Waals surface area contributed by atoms with Crippen LogP contribution in [0.2, 0.25) is 0 Å². The lowest BCUT2D eigenvalue weighted by atomic mass is 9.98. The van der Waals surface area contributed by atoms with Crippen LogP contribution in [0.25, 0.3) is 0 Å². The number of aryl methyl sites for hydroxylation is 2. The van der Waals surface area contributed by atoms with E-state index in [-0.39, 0.29) is 6.04 Å². The molecule has 2 rings (SSSR count). The van der Waals surface area contributed by atoms with Crippen molar-refractivity contribution in [3.05, 3.63) is 28.8 Å². The maximum atomic E-state index is 12.1. The molecule has 0 amide bonds. The minimum absolute atomic E-state index is 0.384. The fourth-order valence-electron chi connectivity index (χ4n) is 2.21. The number of hydrogen-bond donors (Lipinski definition) is 1. The van der Waals surface area contributed by atoms with E-state index in [1.807, 2.05) is 26.0 Å². The zero-order valence-electron chi connectivity index (χ0n) is 9.11. The number of nitrogens with two attached hydrogens (primary N) is 1. The number of rotatable bonds is 0. The molecule has 1 aromatic carbocycles. The highest BCUT2D eigenvalue weighted by Crippen LogP contribution is 2.40. The molecule has 3 nitrogen and oxygen atoms in total. The summed E-state index contributed by atoms with van der Waals surface area (Å²) in [5.74, 6) is 0. The van der Waals surface area contributed by atoms with Crippen molar-refractivity contribution >= 4 is 9.84 Å². The monoisotopic (exact) mass is 225 g/mol. The van der Waals surface area contributed by atoms with Gasteiger partial charge in [0.25, 0.3) is 0 Å². The Hall–Kier alpha value is -0.870. The predicted molar refractivity (Wildman–Crippen MR) is 59.5 cm³/mol. The minimum Gasteiger partial charge on any atom is -0.323 e. The lowest BCUT2D eigenvalue weighted by Crippen LogP contribution is -2.23. The standard InChI is InChI=1S/C11H15NO2S/c1-6-4-5-7(2)11-9(6)10(12)8(3)15(11,13)14/h4-5,8,10H,12H2,1-3H3. The summed E-state index contributed by atoms with van der Waals surface area (Å²) >= 11 is 0. The van der Waals surface area contributed by atoms with Crippen molar-refractivity contribution in [2.45, 2.75) is 37.0 Å². The zero-order valence-corrected chi connectivity index (χ0v) is 9.93. The van der Waals surface area contributed by atoms with E-state index in [4.69, 9.17) is 5.73 Å². The molecule has 1 aromatic rings. The first-order valence-electron chi connectivity index (χ1n) is 4.97. The molecule has 1 aliphatic heterocycles. The molecule has 0 bridgehead atoms. The maximum Gasteiger partial charge on any atom is 0.183 e. The normalized spacial score (nSPS) is 27.7. The SMILES string of the molecule is Cc1ccc(C)c2c1C(N)C(C)S2(=O)=O. The van der Waals surface area contributed by atoms with Crippen LogP contribution in [0.5, 0.6) is 0 Å². The van der Waals surface area contributed by atoms with Crippen molar-refractivity contribution in [1.29, 1.82) is 0 Å². The fourth-order valence-corrected chi connectivity index (χ4v) is 4.23. The molecule has 1 aliphatic rings. The molecule has 4 heteroatoms. The van der Waals surface area contributed by atoms with Crippen LogP contribution in [0.15, 0.2) is 17.0 Å². The molecule has 2 unspecified atom stereocenters. The summed E-state index contributed by atoms with van der Waals surface area (Å²) in [5.41, 5.74) is 8.53. The highest BCUT2D eigenvalue weighted by Gasteiger charge is 2.41. The van der Waals surface area contributed by atoms with Gasteiger partial charge in [0.2, 0.25) is 0 Å². The summed E-state index contributed by atoms with van der Waals surface area (Å²) in [5, 5.41) is -0.507. The minimum atomic E-state index is -3.21. The molecule has 0 fully saturated rings. The molecule has 1 heterocycles. The van der Waals surface area contributed by atoms with Crippen LogP contribution >= 0.6 is 0 Å². The highest BCUT2D eigenvalue weighted by molar-refractivity contribution is 7.92. The van der Waals surface area contributed by atoms with Crippen molar-refractivity contribution in [1.82, 2.24) is 0 Å². The number of fused-ring (bicyclic) bond motifs is 1. The summed E-state index contributed by atoms with van der Waals surface area (Å²) in [6, 6.07) is 3.39. The average Bonchev–Trinajstić information content (AvgIpc) is 2.34. The Labute approximate surface area is 90.2 Å². The maximum absolute atomic E-state index is 12.1. The van der Waals surface area contributed by atoms with Gasteiger partial charge in [0.1, 0.15) is 0 Å². The fraction of sp³-hybridized carbons (Fsp3) is 0.455. The van der Waals surface area contributed by atoms with Gasteiger partial charge in [0.15, 0.2) is 9.84 Å². The lowest BCUT2D eigenvalue weighted by Gasteiger charge is -2.10. The summed E-state index contributed by atoms with van der Waals surface area (Å²) in [6.07, 6.45) is 0. The molecule has 0 radical (unpaired) electrons. The van der Waals surface area contributed by atoms with Gasteiger partial charge in [-0.3, -0.25) is 0 Å². The van der Waals surface area contributed by atoms with Gasteiger partial charge in [-0.1, -0.05) is 12.1 Å². The molecule has 2 N–H and O–H groups in total. The second-order valence-electron chi connectivity index (χ2n) is 4.22. The summed E-state index contributed by atoms with van der Waals surface area (Å²) < 4.78 is 24.2. The quantitative estimate of drug-likeness (QED) is 0.727. The van der Waals surface area contributed by atoms with Gasteiger partial charge in [-0.2, -0.15) is 0 Å². The van der Waals surface area contributed by atoms with Crippen LogP contribution in [0.1, 0.15) is 29.7 Å².